The first-order chi connectivity index (χ1) is 16.2. The van der Waals surface area contributed by atoms with Gasteiger partial charge in [-0.1, -0.05) is 6.07 Å². The number of aliphatic hydroxyl groups excluding tert-OH is 2. The van der Waals surface area contributed by atoms with E-state index in [-0.39, 0.29) is 22.6 Å². The van der Waals surface area contributed by atoms with Crippen molar-refractivity contribution < 1.29 is 37.3 Å². The zero-order valence-corrected chi connectivity index (χ0v) is 17.2. The molecule has 7 nitrogen and oxygen atoms in total. The predicted molar refractivity (Wildman–Crippen MR) is 111 cm³/mol. The summed E-state index contributed by atoms with van der Waals surface area (Å²) in [6, 6.07) is 7.75. The summed E-state index contributed by atoms with van der Waals surface area (Å²) in [5.74, 6) is -4.88. The van der Waals surface area contributed by atoms with Gasteiger partial charge in [-0.2, -0.15) is 0 Å². The number of nitrogens with zero attached hydrogens (tertiary/aromatic N) is 2. The van der Waals surface area contributed by atoms with Crippen molar-refractivity contribution in [2.45, 2.75) is 5.60 Å². The van der Waals surface area contributed by atoms with Gasteiger partial charge in [0.15, 0.2) is 11.4 Å². The molecule has 0 saturated heterocycles. The molecule has 0 aliphatic rings. The minimum atomic E-state index is -2.37. The van der Waals surface area contributed by atoms with Crippen LogP contribution in [0.3, 0.4) is 0 Å². The average Bonchev–Trinajstić information content (AvgIpc) is 3.25. The van der Waals surface area contributed by atoms with Gasteiger partial charge in [0.2, 0.25) is 5.89 Å². The summed E-state index contributed by atoms with van der Waals surface area (Å²) < 4.78 is 62.9. The molecule has 2 aromatic carbocycles. The standard InChI is InChI=1S/C23H16F4N2O5/c24-13-5-6-14(17(27)8-13)19-21(34-22(28-19)23(33,10-30)11-31)12-4-7-18(32)29(9-12)20-15(25)2-1-3-16(20)26/h1-9,30-31,33H,10-11H2. The Bertz CT molecular complexity index is 1410. The largest absolute Gasteiger partial charge is 0.437 e. The van der Waals surface area contributed by atoms with Crippen molar-refractivity contribution in [2.24, 2.45) is 0 Å². The van der Waals surface area contributed by atoms with Gasteiger partial charge in [-0.15, -0.1) is 0 Å². The van der Waals surface area contributed by atoms with E-state index in [0.29, 0.717) is 10.6 Å². The van der Waals surface area contributed by atoms with E-state index in [1.54, 1.807) is 0 Å². The molecular weight excluding hydrogens is 460 g/mol. The second kappa shape index (κ2) is 8.86. The molecule has 34 heavy (non-hydrogen) atoms. The Labute approximate surface area is 188 Å². The van der Waals surface area contributed by atoms with Crippen LogP contribution in [-0.2, 0) is 5.60 Å². The summed E-state index contributed by atoms with van der Waals surface area (Å²) in [6.45, 7) is -2.04. The SMILES string of the molecule is O=c1ccc(-c2oc(C(O)(CO)CO)nc2-c2ccc(F)cc2F)cn1-c1c(F)cccc1F. The highest BCUT2D eigenvalue weighted by Gasteiger charge is 2.36. The zero-order valence-electron chi connectivity index (χ0n) is 17.2. The van der Waals surface area contributed by atoms with Crippen molar-refractivity contribution in [2.75, 3.05) is 13.2 Å². The minimum Gasteiger partial charge on any atom is -0.437 e. The maximum Gasteiger partial charge on any atom is 0.255 e. The molecule has 0 amide bonds. The number of benzene rings is 2. The highest BCUT2D eigenvalue weighted by molar-refractivity contribution is 5.77. The van der Waals surface area contributed by atoms with E-state index in [2.05, 4.69) is 4.98 Å². The molecule has 2 aromatic heterocycles. The predicted octanol–water partition coefficient (Wildman–Crippen LogP) is 2.89. The fraction of sp³-hybridized carbons (Fsp3) is 0.130. The van der Waals surface area contributed by atoms with Gasteiger partial charge in [0, 0.05) is 29.5 Å². The third kappa shape index (κ3) is 4.00. The van der Waals surface area contributed by atoms with Gasteiger partial charge in [0.05, 0.1) is 13.2 Å². The Morgan fingerprint density at radius 1 is 0.941 bits per heavy atom. The number of rotatable bonds is 6. The minimum absolute atomic E-state index is 0.0297. The molecular formula is C23H16F4N2O5. The van der Waals surface area contributed by atoms with Crippen LogP contribution < -0.4 is 5.56 Å². The number of hydrogen-bond donors (Lipinski definition) is 3. The Morgan fingerprint density at radius 3 is 2.24 bits per heavy atom. The highest BCUT2D eigenvalue weighted by Crippen LogP contribution is 2.37. The van der Waals surface area contributed by atoms with Crippen LogP contribution in [0.25, 0.3) is 28.3 Å². The van der Waals surface area contributed by atoms with Crippen LogP contribution in [0.15, 0.2) is 63.9 Å². The smallest absolute Gasteiger partial charge is 0.255 e. The molecule has 0 atom stereocenters. The first-order valence-electron chi connectivity index (χ1n) is 9.77. The van der Waals surface area contributed by atoms with Gasteiger partial charge >= 0.3 is 0 Å². The summed E-state index contributed by atoms with van der Waals surface area (Å²) in [5, 5.41) is 29.4. The summed E-state index contributed by atoms with van der Waals surface area (Å²) in [4.78, 5) is 16.4. The van der Waals surface area contributed by atoms with E-state index < -0.39 is 59.2 Å². The van der Waals surface area contributed by atoms with E-state index in [4.69, 9.17) is 4.42 Å². The lowest BCUT2D eigenvalue weighted by Gasteiger charge is -2.18. The van der Waals surface area contributed by atoms with Crippen LogP contribution in [-0.4, -0.2) is 38.1 Å². The topological polar surface area (TPSA) is 109 Å². The molecule has 11 heteroatoms. The Balaban J connectivity index is 1.99. The van der Waals surface area contributed by atoms with Crippen molar-refractivity contribution >= 4 is 0 Å². The molecule has 4 rings (SSSR count). The fourth-order valence-electron chi connectivity index (χ4n) is 3.28. The summed E-state index contributed by atoms with van der Waals surface area (Å²) in [5.41, 5.74) is -4.44. The lowest BCUT2D eigenvalue weighted by Crippen LogP contribution is -2.34. The van der Waals surface area contributed by atoms with Crippen molar-refractivity contribution in [3.63, 3.8) is 0 Å². The maximum absolute atomic E-state index is 14.6. The molecule has 4 aromatic rings. The lowest BCUT2D eigenvalue weighted by atomic mass is 10.1. The van der Waals surface area contributed by atoms with Crippen LogP contribution in [0.1, 0.15) is 5.89 Å². The molecule has 2 heterocycles. The van der Waals surface area contributed by atoms with E-state index in [1.165, 1.54) is 6.07 Å². The van der Waals surface area contributed by atoms with Gasteiger partial charge < -0.3 is 19.7 Å². The molecule has 0 unspecified atom stereocenters. The normalized spacial score (nSPS) is 11.7. The molecule has 0 radical (unpaired) electrons. The first kappa shape index (κ1) is 23.4. The number of aromatic nitrogens is 2. The van der Waals surface area contributed by atoms with E-state index >= 15 is 0 Å². The van der Waals surface area contributed by atoms with Crippen molar-refractivity contribution in [1.82, 2.24) is 9.55 Å². The van der Waals surface area contributed by atoms with Gasteiger partial charge in [0.1, 0.15) is 34.7 Å². The third-order valence-electron chi connectivity index (χ3n) is 5.09. The van der Waals surface area contributed by atoms with Crippen LogP contribution in [0.4, 0.5) is 17.6 Å². The van der Waals surface area contributed by atoms with Gasteiger partial charge in [0.25, 0.3) is 5.56 Å². The number of para-hydroxylation sites is 1. The lowest BCUT2D eigenvalue weighted by molar-refractivity contribution is -0.0772. The molecule has 3 N–H and O–H groups in total. The monoisotopic (exact) mass is 476 g/mol. The van der Waals surface area contributed by atoms with Crippen molar-refractivity contribution in [1.29, 1.82) is 0 Å². The third-order valence-corrected chi connectivity index (χ3v) is 5.09. The number of pyridine rings is 1. The molecule has 0 fully saturated rings. The molecule has 176 valence electrons. The summed E-state index contributed by atoms with van der Waals surface area (Å²) in [6.07, 6.45) is 1.01. The van der Waals surface area contributed by atoms with Gasteiger partial charge in [-0.25, -0.2) is 22.5 Å². The van der Waals surface area contributed by atoms with Crippen molar-refractivity contribution in [3.05, 3.63) is 94.2 Å². The maximum atomic E-state index is 14.6. The number of halogens is 4. The quantitative estimate of drug-likeness (QED) is 0.370. The average molecular weight is 476 g/mol. The molecule has 0 aliphatic carbocycles. The number of aliphatic hydroxyl groups is 3. The van der Waals surface area contributed by atoms with E-state index in [1.807, 2.05) is 0 Å². The van der Waals surface area contributed by atoms with Crippen LogP contribution in [0, 0.1) is 23.3 Å². The second-order valence-corrected chi connectivity index (χ2v) is 7.37. The molecule has 0 saturated carbocycles. The number of hydrogen-bond acceptors (Lipinski definition) is 6. The zero-order chi connectivity index (χ0) is 24.6. The van der Waals surface area contributed by atoms with Crippen molar-refractivity contribution in [3.8, 4) is 28.3 Å². The Hall–Kier alpha value is -3.80. The van der Waals surface area contributed by atoms with E-state index in [0.717, 1.165) is 42.6 Å². The molecule has 0 aliphatic heterocycles. The fourth-order valence-corrected chi connectivity index (χ4v) is 3.28. The number of oxazole rings is 1. The van der Waals surface area contributed by atoms with Crippen LogP contribution in [0.2, 0.25) is 0 Å². The Morgan fingerprint density at radius 2 is 1.62 bits per heavy atom. The summed E-state index contributed by atoms with van der Waals surface area (Å²) >= 11 is 0. The summed E-state index contributed by atoms with van der Waals surface area (Å²) in [7, 11) is 0. The van der Waals surface area contributed by atoms with Gasteiger partial charge in [-0.3, -0.25) is 9.36 Å². The van der Waals surface area contributed by atoms with Crippen LogP contribution >= 0.6 is 0 Å². The molecule has 0 bridgehead atoms. The first-order valence-corrected chi connectivity index (χ1v) is 9.77. The van der Waals surface area contributed by atoms with Gasteiger partial charge in [-0.05, 0) is 30.3 Å². The van der Waals surface area contributed by atoms with Crippen LogP contribution in [0.5, 0.6) is 0 Å². The van der Waals surface area contributed by atoms with E-state index in [9.17, 15) is 37.7 Å². The Kier molecular flexibility index (Phi) is 6.09. The highest BCUT2D eigenvalue weighted by atomic mass is 19.1. The second-order valence-electron chi connectivity index (χ2n) is 7.37. The molecule has 0 spiro atoms.